The number of fused-ring (bicyclic) bond motifs is 1. The van der Waals surface area contributed by atoms with E-state index in [0.717, 1.165) is 48.1 Å². The summed E-state index contributed by atoms with van der Waals surface area (Å²) in [6, 6.07) is 10.7. The lowest BCUT2D eigenvalue weighted by Gasteiger charge is -2.32. The first kappa shape index (κ1) is 19.1. The molecule has 0 aliphatic carbocycles. The SMILES string of the molecule is CC(C)c1nnc2sc(CCC(=O)N3CCC(Cc4ccccc4)CC3)nn12. The third-order valence-corrected chi connectivity index (χ3v) is 6.42. The van der Waals surface area contributed by atoms with Crippen LogP contribution in [0.15, 0.2) is 30.3 Å². The molecule has 0 N–H and O–H groups in total. The number of carbonyl (C=O) groups excluding carboxylic acids is 1. The number of piperidine rings is 1. The highest BCUT2D eigenvalue weighted by atomic mass is 32.1. The van der Waals surface area contributed by atoms with E-state index in [9.17, 15) is 4.79 Å². The zero-order valence-corrected chi connectivity index (χ0v) is 17.4. The van der Waals surface area contributed by atoms with Crippen LogP contribution in [0.2, 0.25) is 0 Å². The molecule has 2 aromatic heterocycles. The van der Waals surface area contributed by atoms with E-state index in [0.29, 0.717) is 18.8 Å². The van der Waals surface area contributed by atoms with E-state index < -0.39 is 0 Å². The van der Waals surface area contributed by atoms with E-state index in [1.165, 1.54) is 16.9 Å². The van der Waals surface area contributed by atoms with Gasteiger partial charge >= 0.3 is 0 Å². The minimum absolute atomic E-state index is 0.244. The van der Waals surface area contributed by atoms with Crippen molar-refractivity contribution in [3.63, 3.8) is 0 Å². The molecule has 3 aromatic rings. The molecule has 1 saturated heterocycles. The third kappa shape index (κ3) is 4.24. The Balaban J connectivity index is 1.27. The molecule has 4 rings (SSSR count). The van der Waals surface area contributed by atoms with Gasteiger partial charge in [-0.2, -0.15) is 9.61 Å². The maximum absolute atomic E-state index is 12.6. The van der Waals surface area contributed by atoms with Crippen molar-refractivity contribution in [2.75, 3.05) is 13.1 Å². The minimum Gasteiger partial charge on any atom is -0.343 e. The Morgan fingerprint density at radius 1 is 1.18 bits per heavy atom. The number of nitrogens with zero attached hydrogens (tertiary/aromatic N) is 5. The van der Waals surface area contributed by atoms with Crippen molar-refractivity contribution in [3.8, 4) is 0 Å². The maximum Gasteiger partial charge on any atom is 0.234 e. The van der Waals surface area contributed by atoms with Crippen LogP contribution in [-0.4, -0.2) is 43.7 Å². The van der Waals surface area contributed by atoms with Gasteiger partial charge in [0.05, 0.1) is 0 Å². The number of benzene rings is 1. The fourth-order valence-corrected chi connectivity index (χ4v) is 4.68. The average molecular weight is 398 g/mol. The molecular formula is C21H27N5OS. The van der Waals surface area contributed by atoms with Gasteiger partial charge in [-0.25, -0.2) is 0 Å². The topological polar surface area (TPSA) is 63.4 Å². The fraction of sp³-hybridized carbons (Fsp3) is 0.524. The first-order chi connectivity index (χ1) is 13.6. The smallest absolute Gasteiger partial charge is 0.234 e. The Morgan fingerprint density at radius 3 is 2.64 bits per heavy atom. The maximum atomic E-state index is 12.6. The van der Waals surface area contributed by atoms with Crippen LogP contribution in [0.3, 0.4) is 0 Å². The van der Waals surface area contributed by atoms with Gasteiger partial charge in [-0.1, -0.05) is 55.5 Å². The number of amides is 1. The van der Waals surface area contributed by atoms with E-state index in [2.05, 4.69) is 59.5 Å². The third-order valence-electron chi connectivity index (χ3n) is 5.46. The second-order valence-electron chi connectivity index (χ2n) is 7.92. The summed E-state index contributed by atoms with van der Waals surface area (Å²) in [7, 11) is 0. The summed E-state index contributed by atoms with van der Waals surface area (Å²) in [6.45, 7) is 5.92. The first-order valence-electron chi connectivity index (χ1n) is 10.1. The lowest BCUT2D eigenvalue weighted by molar-refractivity contribution is -0.132. The molecule has 0 radical (unpaired) electrons. The van der Waals surface area contributed by atoms with E-state index >= 15 is 0 Å². The Hall–Kier alpha value is -2.28. The van der Waals surface area contributed by atoms with Crippen LogP contribution in [0.5, 0.6) is 0 Å². The van der Waals surface area contributed by atoms with E-state index in [4.69, 9.17) is 0 Å². The number of hydrogen-bond acceptors (Lipinski definition) is 5. The highest BCUT2D eigenvalue weighted by Crippen LogP contribution is 2.23. The van der Waals surface area contributed by atoms with Crippen molar-refractivity contribution in [2.24, 2.45) is 5.92 Å². The largest absolute Gasteiger partial charge is 0.343 e. The van der Waals surface area contributed by atoms with Crippen molar-refractivity contribution in [2.45, 2.75) is 51.9 Å². The average Bonchev–Trinajstić information content (AvgIpc) is 3.27. The number of hydrogen-bond donors (Lipinski definition) is 0. The molecule has 0 bridgehead atoms. The molecule has 1 aromatic carbocycles. The van der Waals surface area contributed by atoms with Crippen LogP contribution in [0.1, 0.15) is 55.4 Å². The molecule has 1 amide bonds. The molecular weight excluding hydrogens is 370 g/mol. The molecule has 3 heterocycles. The summed E-state index contributed by atoms with van der Waals surface area (Å²) < 4.78 is 1.82. The predicted octanol–water partition coefficient (Wildman–Crippen LogP) is 3.72. The van der Waals surface area contributed by atoms with Gasteiger partial charge in [-0.05, 0) is 30.7 Å². The number of carbonyl (C=O) groups is 1. The Kier molecular flexibility index (Phi) is 5.71. The second kappa shape index (κ2) is 8.39. The Morgan fingerprint density at radius 2 is 1.93 bits per heavy atom. The molecule has 1 aliphatic heterocycles. The summed E-state index contributed by atoms with van der Waals surface area (Å²) in [5.74, 6) is 2.08. The summed E-state index contributed by atoms with van der Waals surface area (Å²) in [6.07, 6.45) is 4.50. The van der Waals surface area contributed by atoms with Crippen LogP contribution in [0.25, 0.3) is 4.96 Å². The number of aromatic nitrogens is 4. The van der Waals surface area contributed by atoms with Gasteiger partial charge in [0.25, 0.3) is 0 Å². The number of rotatable bonds is 6. The summed E-state index contributed by atoms with van der Waals surface area (Å²) in [5.41, 5.74) is 1.40. The standard InChI is InChI=1S/C21H27N5OS/c1-15(2)20-22-23-21-26(20)24-18(28-21)8-9-19(27)25-12-10-17(11-13-25)14-16-6-4-3-5-7-16/h3-7,15,17H,8-14H2,1-2H3. The highest BCUT2D eigenvalue weighted by Gasteiger charge is 2.23. The molecule has 28 heavy (non-hydrogen) atoms. The zero-order valence-electron chi connectivity index (χ0n) is 16.5. The summed E-state index contributed by atoms with van der Waals surface area (Å²) in [5, 5.41) is 13.9. The van der Waals surface area contributed by atoms with E-state index in [-0.39, 0.29) is 11.8 Å². The van der Waals surface area contributed by atoms with Crippen LogP contribution in [-0.2, 0) is 17.6 Å². The van der Waals surface area contributed by atoms with Crippen LogP contribution < -0.4 is 0 Å². The van der Waals surface area contributed by atoms with Crippen molar-refractivity contribution in [3.05, 3.63) is 46.7 Å². The second-order valence-corrected chi connectivity index (χ2v) is 8.96. The van der Waals surface area contributed by atoms with Gasteiger partial charge < -0.3 is 4.90 Å². The molecule has 7 heteroatoms. The van der Waals surface area contributed by atoms with Crippen molar-refractivity contribution in [1.29, 1.82) is 0 Å². The van der Waals surface area contributed by atoms with Crippen LogP contribution in [0, 0.1) is 5.92 Å². The summed E-state index contributed by atoms with van der Waals surface area (Å²) >= 11 is 1.53. The summed E-state index contributed by atoms with van der Waals surface area (Å²) in [4.78, 5) is 15.5. The fourth-order valence-electron chi connectivity index (χ4n) is 3.84. The quantitative estimate of drug-likeness (QED) is 0.636. The highest BCUT2D eigenvalue weighted by molar-refractivity contribution is 7.16. The van der Waals surface area contributed by atoms with Gasteiger partial charge in [0.1, 0.15) is 5.01 Å². The van der Waals surface area contributed by atoms with Gasteiger partial charge in [0, 0.05) is 31.8 Å². The lowest BCUT2D eigenvalue weighted by Crippen LogP contribution is -2.39. The Labute approximate surface area is 169 Å². The first-order valence-corrected chi connectivity index (χ1v) is 10.9. The monoisotopic (exact) mass is 397 g/mol. The zero-order chi connectivity index (χ0) is 19.5. The van der Waals surface area contributed by atoms with Crippen LogP contribution >= 0.6 is 11.3 Å². The Bertz CT molecular complexity index is 925. The van der Waals surface area contributed by atoms with Gasteiger partial charge in [0.15, 0.2) is 5.82 Å². The molecule has 1 aliphatic rings. The van der Waals surface area contributed by atoms with Gasteiger partial charge in [0.2, 0.25) is 10.9 Å². The van der Waals surface area contributed by atoms with Gasteiger partial charge in [-0.3, -0.25) is 4.79 Å². The van der Waals surface area contributed by atoms with Crippen molar-refractivity contribution >= 4 is 22.2 Å². The van der Waals surface area contributed by atoms with E-state index in [1.54, 1.807) is 0 Å². The molecule has 0 unspecified atom stereocenters. The lowest BCUT2D eigenvalue weighted by atomic mass is 9.90. The van der Waals surface area contributed by atoms with Gasteiger partial charge in [-0.15, -0.1) is 10.2 Å². The molecule has 0 atom stereocenters. The molecule has 6 nitrogen and oxygen atoms in total. The van der Waals surface area contributed by atoms with Crippen molar-refractivity contribution < 1.29 is 4.79 Å². The van der Waals surface area contributed by atoms with Crippen molar-refractivity contribution in [1.82, 2.24) is 24.7 Å². The normalized spacial score (nSPS) is 15.6. The molecule has 0 saturated carbocycles. The molecule has 1 fully saturated rings. The van der Waals surface area contributed by atoms with E-state index in [1.807, 2.05) is 9.42 Å². The van der Waals surface area contributed by atoms with Crippen LogP contribution in [0.4, 0.5) is 0 Å². The molecule has 148 valence electrons. The number of likely N-dealkylation sites (tertiary alicyclic amines) is 1. The number of aryl methyl sites for hydroxylation is 1. The predicted molar refractivity (Wildman–Crippen MR) is 111 cm³/mol. The molecule has 0 spiro atoms. The minimum atomic E-state index is 0.244.